The van der Waals surface area contributed by atoms with E-state index in [1.807, 2.05) is 24.3 Å². The number of thiazole rings is 1. The van der Waals surface area contributed by atoms with Crippen LogP contribution in [0.5, 0.6) is 0 Å². The summed E-state index contributed by atoms with van der Waals surface area (Å²) in [6, 6.07) is 7.70. The highest BCUT2D eigenvalue weighted by molar-refractivity contribution is 7.18. The Morgan fingerprint density at radius 3 is 2.82 bits per heavy atom. The lowest BCUT2D eigenvalue weighted by Gasteiger charge is -1.96. The quantitative estimate of drug-likeness (QED) is 0.614. The number of methoxy groups -OCH3 is 1. The number of para-hydroxylation sites is 1. The van der Waals surface area contributed by atoms with Crippen molar-refractivity contribution >= 4 is 33.3 Å². The number of hydrogen-bond acceptors (Lipinski definition) is 5. The molecule has 1 aromatic carbocycles. The standard InChI is InChI=1S/C12H11NO3S/c1-16-12(15)7-8(14)6-11-13-9-4-2-3-5-10(9)17-11/h2-5H,6-7H2,1H3. The van der Waals surface area contributed by atoms with Gasteiger partial charge in [0.25, 0.3) is 0 Å². The first kappa shape index (κ1) is 11.7. The average Bonchev–Trinajstić information content (AvgIpc) is 2.70. The molecule has 17 heavy (non-hydrogen) atoms. The van der Waals surface area contributed by atoms with Crippen molar-refractivity contribution in [3.8, 4) is 0 Å². The number of hydrogen-bond donors (Lipinski definition) is 0. The highest BCUT2D eigenvalue weighted by Gasteiger charge is 2.12. The largest absolute Gasteiger partial charge is 0.469 e. The highest BCUT2D eigenvalue weighted by Crippen LogP contribution is 2.22. The van der Waals surface area contributed by atoms with Crippen molar-refractivity contribution in [1.29, 1.82) is 0 Å². The Labute approximate surface area is 102 Å². The number of fused-ring (bicyclic) bond motifs is 1. The number of aromatic nitrogens is 1. The lowest BCUT2D eigenvalue weighted by molar-refractivity contribution is -0.143. The van der Waals surface area contributed by atoms with Gasteiger partial charge >= 0.3 is 5.97 Å². The van der Waals surface area contributed by atoms with Crippen LogP contribution in [0, 0.1) is 0 Å². The fourth-order valence-corrected chi connectivity index (χ4v) is 2.46. The van der Waals surface area contributed by atoms with E-state index in [0.717, 1.165) is 15.2 Å². The molecule has 88 valence electrons. The Morgan fingerprint density at radius 1 is 1.35 bits per heavy atom. The molecule has 0 N–H and O–H groups in total. The van der Waals surface area contributed by atoms with E-state index in [2.05, 4.69) is 9.72 Å². The van der Waals surface area contributed by atoms with Gasteiger partial charge in [-0.15, -0.1) is 11.3 Å². The topological polar surface area (TPSA) is 56.3 Å². The first-order valence-electron chi connectivity index (χ1n) is 5.12. The van der Waals surface area contributed by atoms with Crippen molar-refractivity contribution in [2.24, 2.45) is 0 Å². The summed E-state index contributed by atoms with van der Waals surface area (Å²) in [5, 5.41) is 0.736. The van der Waals surface area contributed by atoms with Gasteiger partial charge in [0.05, 0.1) is 23.7 Å². The van der Waals surface area contributed by atoms with Crippen molar-refractivity contribution in [3.63, 3.8) is 0 Å². The molecule has 0 fully saturated rings. The number of carbonyl (C=O) groups is 2. The first-order chi connectivity index (χ1) is 8.19. The Hall–Kier alpha value is -1.75. The van der Waals surface area contributed by atoms with Crippen molar-refractivity contribution in [3.05, 3.63) is 29.3 Å². The van der Waals surface area contributed by atoms with E-state index >= 15 is 0 Å². The first-order valence-corrected chi connectivity index (χ1v) is 5.93. The van der Waals surface area contributed by atoms with Crippen LogP contribution in [0.4, 0.5) is 0 Å². The predicted molar refractivity (Wildman–Crippen MR) is 65.0 cm³/mol. The van der Waals surface area contributed by atoms with E-state index in [-0.39, 0.29) is 18.6 Å². The molecule has 2 aromatic rings. The molecule has 1 heterocycles. The van der Waals surface area contributed by atoms with E-state index in [0.29, 0.717) is 0 Å². The monoisotopic (exact) mass is 249 g/mol. The van der Waals surface area contributed by atoms with Gasteiger partial charge in [-0.1, -0.05) is 12.1 Å². The molecule has 0 atom stereocenters. The van der Waals surface area contributed by atoms with Crippen LogP contribution in [0.2, 0.25) is 0 Å². The summed E-state index contributed by atoms with van der Waals surface area (Å²) in [6.45, 7) is 0. The van der Waals surface area contributed by atoms with Gasteiger partial charge < -0.3 is 4.74 Å². The van der Waals surface area contributed by atoms with Crippen molar-refractivity contribution in [2.45, 2.75) is 12.8 Å². The molecule has 1 aromatic heterocycles. The van der Waals surface area contributed by atoms with Gasteiger partial charge in [-0.05, 0) is 12.1 Å². The molecule has 0 amide bonds. The summed E-state index contributed by atoms with van der Waals surface area (Å²) in [5.74, 6) is -0.674. The molecule has 4 nitrogen and oxygen atoms in total. The third-order valence-corrected chi connectivity index (χ3v) is 3.29. The smallest absolute Gasteiger partial charge is 0.313 e. The summed E-state index contributed by atoms with van der Waals surface area (Å²) in [7, 11) is 1.27. The lowest BCUT2D eigenvalue weighted by atomic mass is 10.2. The van der Waals surface area contributed by atoms with Crippen molar-refractivity contribution in [2.75, 3.05) is 7.11 Å². The Kier molecular flexibility index (Phi) is 3.49. The number of benzene rings is 1. The maximum absolute atomic E-state index is 11.5. The Balaban J connectivity index is 2.08. The molecule has 0 unspecified atom stereocenters. The molecule has 0 aliphatic carbocycles. The molecule has 0 bridgehead atoms. The van der Waals surface area contributed by atoms with Gasteiger partial charge in [0.2, 0.25) is 0 Å². The number of carbonyl (C=O) groups excluding carboxylic acids is 2. The normalized spacial score (nSPS) is 10.4. The number of esters is 1. The Morgan fingerprint density at radius 2 is 2.12 bits per heavy atom. The molecule has 5 heteroatoms. The molecular weight excluding hydrogens is 238 g/mol. The molecule has 0 spiro atoms. The average molecular weight is 249 g/mol. The zero-order valence-electron chi connectivity index (χ0n) is 9.30. The maximum Gasteiger partial charge on any atom is 0.313 e. The minimum atomic E-state index is -0.504. The minimum absolute atomic E-state index is 0.170. The lowest BCUT2D eigenvalue weighted by Crippen LogP contribution is -2.11. The summed E-state index contributed by atoms with van der Waals surface area (Å²) >= 11 is 1.48. The van der Waals surface area contributed by atoms with Crippen LogP contribution in [0.3, 0.4) is 0 Å². The fourth-order valence-electron chi connectivity index (χ4n) is 1.46. The fraction of sp³-hybridized carbons (Fsp3) is 0.250. The second kappa shape index (κ2) is 5.05. The van der Waals surface area contributed by atoms with Crippen molar-refractivity contribution < 1.29 is 14.3 Å². The second-order valence-electron chi connectivity index (χ2n) is 3.54. The number of ketones is 1. The van der Waals surface area contributed by atoms with E-state index in [9.17, 15) is 9.59 Å². The van der Waals surface area contributed by atoms with Gasteiger partial charge in [-0.25, -0.2) is 4.98 Å². The number of ether oxygens (including phenoxy) is 1. The van der Waals surface area contributed by atoms with E-state index in [4.69, 9.17) is 0 Å². The van der Waals surface area contributed by atoms with Crippen LogP contribution in [-0.2, 0) is 20.7 Å². The molecule has 0 aliphatic rings. The van der Waals surface area contributed by atoms with Gasteiger partial charge in [-0.3, -0.25) is 9.59 Å². The van der Waals surface area contributed by atoms with E-state index in [1.165, 1.54) is 18.4 Å². The zero-order chi connectivity index (χ0) is 12.3. The van der Waals surface area contributed by atoms with Crippen LogP contribution >= 0.6 is 11.3 Å². The molecule has 0 radical (unpaired) electrons. The number of Topliss-reactive ketones (excluding diaryl/α,β-unsaturated/α-hetero) is 1. The van der Waals surface area contributed by atoms with Crippen LogP contribution in [0.15, 0.2) is 24.3 Å². The molecule has 0 aliphatic heterocycles. The third-order valence-electron chi connectivity index (χ3n) is 2.26. The highest BCUT2D eigenvalue weighted by atomic mass is 32.1. The van der Waals surface area contributed by atoms with Gasteiger partial charge in [0.1, 0.15) is 11.4 Å². The van der Waals surface area contributed by atoms with Gasteiger partial charge in [-0.2, -0.15) is 0 Å². The summed E-state index contributed by atoms with van der Waals surface area (Å²) in [6.07, 6.45) is 0.000865. The molecule has 0 saturated carbocycles. The summed E-state index contributed by atoms with van der Waals surface area (Å²) in [4.78, 5) is 26.8. The van der Waals surface area contributed by atoms with Crippen LogP contribution in [-0.4, -0.2) is 23.8 Å². The third kappa shape index (κ3) is 2.88. The van der Waals surface area contributed by atoms with E-state index < -0.39 is 5.97 Å². The molecular formula is C12H11NO3S. The maximum atomic E-state index is 11.5. The summed E-state index contributed by atoms with van der Waals surface area (Å²) in [5.41, 5.74) is 0.887. The zero-order valence-corrected chi connectivity index (χ0v) is 10.1. The SMILES string of the molecule is COC(=O)CC(=O)Cc1nc2ccccc2s1. The van der Waals surface area contributed by atoms with Crippen LogP contribution in [0.1, 0.15) is 11.4 Å². The minimum Gasteiger partial charge on any atom is -0.469 e. The summed E-state index contributed by atoms with van der Waals surface area (Å²) < 4.78 is 5.49. The van der Waals surface area contributed by atoms with Crippen LogP contribution in [0.25, 0.3) is 10.2 Å². The number of rotatable bonds is 4. The predicted octanol–water partition coefficient (Wildman–Crippen LogP) is 1.97. The second-order valence-corrected chi connectivity index (χ2v) is 4.66. The Bertz CT molecular complexity index is 529. The van der Waals surface area contributed by atoms with Crippen LogP contribution < -0.4 is 0 Å². The number of nitrogens with zero attached hydrogens (tertiary/aromatic N) is 1. The van der Waals surface area contributed by atoms with E-state index in [1.54, 1.807) is 0 Å². The van der Waals surface area contributed by atoms with Gasteiger partial charge in [0, 0.05) is 0 Å². The molecule has 2 rings (SSSR count). The molecule has 0 saturated heterocycles. The van der Waals surface area contributed by atoms with Crippen molar-refractivity contribution in [1.82, 2.24) is 4.98 Å². The van der Waals surface area contributed by atoms with Gasteiger partial charge in [0.15, 0.2) is 5.78 Å².